The van der Waals surface area contributed by atoms with E-state index >= 15 is 0 Å². The summed E-state index contributed by atoms with van der Waals surface area (Å²) in [4.78, 5) is 27.6. The number of halogens is 1. The minimum atomic E-state index is -0.308. The van der Waals surface area contributed by atoms with Crippen molar-refractivity contribution in [2.45, 2.75) is 13.5 Å². The summed E-state index contributed by atoms with van der Waals surface area (Å²) in [5.41, 5.74) is 0.984. The van der Waals surface area contributed by atoms with Crippen molar-refractivity contribution in [2.75, 3.05) is 32.8 Å². The van der Waals surface area contributed by atoms with Crippen LogP contribution in [0, 0.1) is 0 Å². The Morgan fingerprint density at radius 2 is 1.83 bits per heavy atom. The summed E-state index contributed by atoms with van der Waals surface area (Å²) in [6, 6.07) is 7.58. The van der Waals surface area contributed by atoms with Crippen molar-refractivity contribution < 1.29 is 14.3 Å². The van der Waals surface area contributed by atoms with Crippen LogP contribution in [-0.4, -0.2) is 59.2 Å². The van der Waals surface area contributed by atoms with Gasteiger partial charge in [0.2, 0.25) is 5.91 Å². The molecule has 3 rings (SSSR count). The predicted octanol–water partition coefficient (Wildman–Crippen LogP) is 2.60. The highest BCUT2D eigenvalue weighted by atomic mass is 35.5. The van der Waals surface area contributed by atoms with Gasteiger partial charge in [-0.25, -0.2) is 4.79 Å². The SMILES string of the molecule is CCOC(=O)N1CCN(C(=O)Cn2ccc3cc(Cl)ccc32)CC1. The molecule has 6 nitrogen and oxygen atoms in total. The fourth-order valence-electron chi connectivity index (χ4n) is 2.91. The Labute approximate surface area is 145 Å². The van der Waals surface area contributed by atoms with Crippen LogP contribution in [0.1, 0.15) is 6.92 Å². The molecule has 1 aromatic carbocycles. The summed E-state index contributed by atoms with van der Waals surface area (Å²) in [7, 11) is 0. The maximum atomic E-state index is 12.5. The van der Waals surface area contributed by atoms with Crippen LogP contribution in [0.2, 0.25) is 5.02 Å². The van der Waals surface area contributed by atoms with Crippen LogP contribution in [-0.2, 0) is 16.1 Å². The topological polar surface area (TPSA) is 54.8 Å². The maximum Gasteiger partial charge on any atom is 0.409 e. The van der Waals surface area contributed by atoms with Crippen LogP contribution < -0.4 is 0 Å². The van der Waals surface area contributed by atoms with E-state index in [4.69, 9.17) is 16.3 Å². The minimum Gasteiger partial charge on any atom is -0.450 e. The van der Waals surface area contributed by atoms with Gasteiger partial charge in [-0.3, -0.25) is 4.79 Å². The Morgan fingerprint density at radius 1 is 1.12 bits per heavy atom. The average Bonchev–Trinajstić information content (AvgIpc) is 2.97. The Kier molecular flexibility index (Phi) is 4.94. The van der Waals surface area contributed by atoms with Crippen molar-refractivity contribution in [3.8, 4) is 0 Å². The second-order valence-corrected chi connectivity index (χ2v) is 6.15. The number of carbonyl (C=O) groups is 2. The molecule has 24 heavy (non-hydrogen) atoms. The van der Waals surface area contributed by atoms with E-state index in [2.05, 4.69) is 0 Å². The third-order valence-corrected chi connectivity index (χ3v) is 4.43. The molecule has 2 aromatic rings. The number of rotatable bonds is 3. The van der Waals surface area contributed by atoms with Crippen LogP contribution in [0.5, 0.6) is 0 Å². The fourth-order valence-corrected chi connectivity index (χ4v) is 3.09. The molecule has 1 aliphatic rings. The summed E-state index contributed by atoms with van der Waals surface area (Å²) < 4.78 is 6.91. The van der Waals surface area contributed by atoms with Gasteiger partial charge in [-0.2, -0.15) is 0 Å². The van der Waals surface area contributed by atoms with Gasteiger partial charge in [0.15, 0.2) is 0 Å². The van der Waals surface area contributed by atoms with Gasteiger partial charge in [0.25, 0.3) is 0 Å². The second-order valence-electron chi connectivity index (χ2n) is 5.71. The third kappa shape index (κ3) is 3.48. The zero-order valence-corrected chi connectivity index (χ0v) is 14.3. The molecular weight excluding hydrogens is 330 g/mol. The van der Waals surface area contributed by atoms with Crippen LogP contribution in [0.4, 0.5) is 4.79 Å². The summed E-state index contributed by atoms with van der Waals surface area (Å²) in [6.45, 7) is 4.50. The molecule has 0 aliphatic carbocycles. The molecular formula is C17H20ClN3O3. The van der Waals surface area contributed by atoms with E-state index in [9.17, 15) is 9.59 Å². The van der Waals surface area contributed by atoms with E-state index in [1.807, 2.05) is 35.0 Å². The Balaban J connectivity index is 1.60. The minimum absolute atomic E-state index is 0.0472. The third-order valence-electron chi connectivity index (χ3n) is 4.20. The number of piperazine rings is 1. The highest BCUT2D eigenvalue weighted by Gasteiger charge is 2.24. The fraction of sp³-hybridized carbons (Fsp3) is 0.412. The normalized spacial score (nSPS) is 14.9. The van der Waals surface area contributed by atoms with Gasteiger partial charge in [-0.05, 0) is 31.2 Å². The molecule has 0 bridgehead atoms. The molecule has 2 amide bonds. The van der Waals surface area contributed by atoms with Crippen LogP contribution in [0.15, 0.2) is 30.5 Å². The number of ether oxygens (including phenoxy) is 1. The van der Waals surface area contributed by atoms with Gasteiger partial charge in [-0.15, -0.1) is 0 Å². The summed E-state index contributed by atoms with van der Waals surface area (Å²) in [6.07, 6.45) is 1.59. The average molecular weight is 350 g/mol. The molecule has 1 aliphatic heterocycles. The molecule has 0 N–H and O–H groups in total. The molecule has 1 saturated heterocycles. The summed E-state index contributed by atoms with van der Waals surface area (Å²) in [5.74, 6) is 0.0472. The number of aromatic nitrogens is 1. The zero-order valence-electron chi connectivity index (χ0n) is 13.6. The van der Waals surface area contributed by atoms with E-state index in [1.165, 1.54) is 0 Å². The van der Waals surface area contributed by atoms with E-state index < -0.39 is 0 Å². The van der Waals surface area contributed by atoms with Gasteiger partial charge in [-0.1, -0.05) is 11.6 Å². The number of nitrogens with zero attached hydrogens (tertiary/aromatic N) is 3. The van der Waals surface area contributed by atoms with Gasteiger partial charge in [0.05, 0.1) is 6.61 Å². The highest BCUT2D eigenvalue weighted by Crippen LogP contribution is 2.20. The van der Waals surface area contributed by atoms with Gasteiger partial charge < -0.3 is 19.1 Å². The Bertz CT molecular complexity index is 751. The highest BCUT2D eigenvalue weighted by molar-refractivity contribution is 6.31. The Morgan fingerprint density at radius 3 is 2.54 bits per heavy atom. The number of carbonyl (C=O) groups excluding carboxylic acids is 2. The van der Waals surface area contributed by atoms with Gasteiger partial charge in [0.1, 0.15) is 6.54 Å². The van der Waals surface area contributed by atoms with Crippen molar-refractivity contribution in [2.24, 2.45) is 0 Å². The van der Waals surface area contributed by atoms with Crippen LogP contribution in [0.25, 0.3) is 10.9 Å². The molecule has 0 saturated carbocycles. The van der Waals surface area contributed by atoms with Crippen molar-refractivity contribution >= 4 is 34.5 Å². The van der Waals surface area contributed by atoms with Crippen molar-refractivity contribution in [3.05, 3.63) is 35.5 Å². The number of fused-ring (bicyclic) bond motifs is 1. The molecule has 7 heteroatoms. The van der Waals surface area contributed by atoms with E-state index in [0.717, 1.165) is 10.9 Å². The second kappa shape index (κ2) is 7.13. The largest absolute Gasteiger partial charge is 0.450 e. The van der Waals surface area contributed by atoms with Crippen molar-refractivity contribution in [1.29, 1.82) is 0 Å². The van der Waals surface area contributed by atoms with Gasteiger partial charge in [0, 0.05) is 48.3 Å². The first-order chi connectivity index (χ1) is 11.6. The molecule has 0 radical (unpaired) electrons. The first kappa shape index (κ1) is 16.6. The lowest BCUT2D eigenvalue weighted by Crippen LogP contribution is -2.51. The molecule has 0 spiro atoms. The van der Waals surface area contributed by atoms with Crippen LogP contribution >= 0.6 is 11.6 Å². The van der Waals surface area contributed by atoms with Crippen molar-refractivity contribution in [3.63, 3.8) is 0 Å². The summed E-state index contributed by atoms with van der Waals surface area (Å²) >= 11 is 5.99. The van der Waals surface area contributed by atoms with Crippen molar-refractivity contribution in [1.82, 2.24) is 14.4 Å². The Hall–Kier alpha value is -2.21. The predicted molar refractivity (Wildman–Crippen MR) is 92.1 cm³/mol. The lowest BCUT2D eigenvalue weighted by Gasteiger charge is -2.34. The number of hydrogen-bond donors (Lipinski definition) is 0. The standard InChI is InChI=1S/C17H20ClN3O3/c1-2-24-17(23)20-9-7-19(8-10-20)16(22)12-21-6-5-13-11-14(18)3-4-15(13)21/h3-6,11H,2,7-10,12H2,1H3. The maximum absolute atomic E-state index is 12.5. The first-order valence-electron chi connectivity index (χ1n) is 8.02. The van der Waals surface area contributed by atoms with E-state index in [1.54, 1.807) is 16.7 Å². The number of benzene rings is 1. The lowest BCUT2D eigenvalue weighted by molar-refractivity contribution is -0.133. The molecule has 0 atom stereocenters. The van der Waals surface area contributed by atoms with E-state index in [0.29, 0.717) is 37.8 Å². The lowest BCUT2D eigenvalue weighted by atomic mass is 10.2. The molecule has 128 valence electrons. The van der Waals surface area contributed by atoms with Gasteiger partial charge >= 0.3 is 6.09 Å². The number of amides is 2. The molecule has 1 aromatic heterocycles. The number of hydrogen-bond acceptors (Lipinski definition) is 3. The van der Waals surface area contributed by atoms with Crippen LogP contribution in [0.3, 0.4) is 0 Å². The zero-order chi connectivity index (χ0) is 17.1. The smallest absolute Gasteiger partial charge is 0.409 e. The molecule has 0 unspecified atom stereocenters. The molecule has 2 heterocycles. The summed E-state index contributed by atoms with van der Waals surface area (Å²) in [5, 5.41) is 1.70. The molecule has 1 fully saturated rings. The van der Waals surface area contributed by atoms with E-state index in [-0.39, 0.29) is 18.5 Å². The quantitative estimate of drug-likeness (QED) is 0.855. The first-order valence-corrected chi connectivity index (χ1v) is 8.40. The monoisotopic (exact) mass is 349 g/mol.